The molecule has 1 aromatic carbocycles. The minimum atomic E-state index is -3.69. The number of furan rings is 1. The van der Waals surface area contributed by atoms with E-state index < -0.39 is 10.0 Å². The Kier molecular flexibility index (Phi) is 5.21. The molecule has 0 radical (unpaired) electrons. The highest BCUT2D eigenvalue weighted by Gasteiger charge is 2.22. The third kappa shape index (κ3) is 3.94. The second-order valence-electron chi connectivity index (χ2n) is 4.67. The molecule has 2 rings (SSSR count). The van der Waals surface area contributed by atoms with Crippen molar-refractivity contribution in [2.24, 2.45) is 0 Å². The smallest absolute Gasteiger partial charge is 0.244 e. The molecule has 0 bridgehead atoms. The van der Waals surface area contributed by atoms with Crippen LogP contribution in [0, 0.1) is 0 Å². The van der Waals surface area contributed by atoms with E-state index in [-0.39, 0.29) is 34.4 Å². The SMILES string of the molecule is CC(CNS(=O)(=O)c1cc(CO)oc1Br)c1ccccc1. The molecule has 1 unspecified atom stereocenters. The van der Waals surface area contributed by atoms with Crippen LogP contribution in [-0.2, 0) is 16.6 Å². The second kappa shape index (κ2) is 6.74. The van der Waals surface area contributed by atoms with E-state index in [9.17, 15) is 8.42 Å². The van der Waals surface area contributed by atoms with Crippen molar-refractivity contribution in [2.45, 2.75) is 24.3 Å². The molecule has 0 fully saturated rings. The highest BCUT2D eigenvalue weighted by Crippen LogP contribution is 2.26. The van der Waals surface area contributed by atoms with E-state index in [4.69, 9.17) is 9.52 Å². The Labute approximate surface area is 132 Å². The van der Waals surface area contributed by atoms with Crippen LogP contribution in [0.1, 0.15) is 24.2 Å². The number of hydrogen-bond acceptors (Lipinski definition) is 4. The molecule has 21 heavy (non-hydrogen) atoms. The number of aliphatic hydroxyl groups excluding tert-OH is 1. The zero-order chi connectivity index (χ0) is 15.5. The van der Waals surface area contributed by atoms with Gasteiger partial charge in [-0.1, -0.05) is 37.3 Å². The van der Waals surface area contributed by atoms with Gasteiger partial charge in [-0.15, -0.1) is 0 Å². The van der Waals surface area contributed by atoms with Gasteiger partial charge in [0.2, 0.25) is 10.0 Å². The number of aliphatic hydroxyl groups is 1. The molecule has 5 nitrogen and oxygen atoms in total. The van der Waals surface area contributed by atoms with Gasteiger partial charge in [0, 0.05) is 12.6 Å². The van der Waals surface area contributed by atoms with Crippen LogP contribution in [0.15, 0.2) is 50.4 Å². The van der Waals surface area contributed by atoms with Gasteiger partial charge in [0.1, 0.15) is 17.3 Å². The molecule has 0 amide bonds. The van der Waals surface area contributed by atoms with E-state index >= 15 is 0 Å². The van der Waals surface area contributed by atoms with Crippen LogP contribution in [0.3, 0.4) is 0 Å². The standard InChI is InChI=1S/C14H16BrNO4S/c1-10(11-5-3-2-4-6-11)8-16-21(18,19)13-7-12(9-17)20-14(13)15/h2-7,10,16-17H,8-9H2,1H3. The minimum absolute atomic E-state index is 0.00758. The van der Waals surface area contributed by atoms with Gasteiger partial charge in [-0.3, -0.25) is 0 Å². The maximum Gasteiger partial charge on any atom is 0.244 e. The summed E-state index contributed by atoms with van der Waals surface area (Å²) < 4.78 is 32.2. The molecule has 0 aliphatic rings. The number of halogens is 1. The first-order valence-corrected chi connectivity index (χ1v) is 8.65. The van der Waals surface area contributed by atoms with Crippen LogP contribution in [-0.4, -0.2) is 20.1 Å². The highest BCUT2D eigenvalue weighted by molar-refractivity contribution is 9.10. The van der Waals surface area contributed by atoms with E-state index in [1.807, 2.05) is 37.3 Å². The lowest BCUT2D eigenvalue weighted by atomic mass is 10.0. The molecule has 1 aromatic heterocycles. The summed E-state index contributed by atoms with van der Waals surface area (Å²) in [5, 5.41) is 8.98. The molecule has 2 N–H and O–H groups in total. The maximum absolute atomic E-state index is 12.2. The predicted molar refractivity (Wildman–Crippen MR) is 82.4 cm³/mol. The summed E-state index contributed by atoms with van der Waals surface area (Å²) in [4.78, 5) is -0.00758. The summed E-state index contributed by atoms with van der Waals surface area (Å²) in [5.41, 5.74) is 1.06. The fraction of sp³-hybridized carbons (Fsp3) is 0.286. The molecule has 0 saturated carbocycles. The van der Waals surface area contributed by atoms with E-state index in [0.29, 0.717) is 0 Å². The molecular formula is C14H16BrNO4S. The highest BCUT2D eigenvalue weighted by atomic mass is 79.9. The Morgan fingerprint density at radius 1 is 1.33 bits per heavy atom. The van der Waals surface area contributed by atoms with Crippen molar-refractivity contribution in [3.05, 3.63) is 52.4 Å². The van der Waals surface area contributed by atoms with Crippen molar-refractivity contribution in [3.63, 3.8) is 0 Å². The summed E-state index contributed by atoms with van der Waals surface area (Å²) >= 11 is 3.05. The van der Waals surface area contributed by atoms with Gasteiger partial charge < -0.3 is 9.52 Å². The van der Waals surface area contributed by atoms with Gasteiger partial charge in [-0.25, -0.2) is 13.1 Å². The van der Waals surface area contributed by atoms with Crippen LogP contribution in [0.5, 0.6) is 0 Å². The van der Waals surface area contributed by atoms with E-state index in [0.717, 1.165) is 5.56 Å². The summed E-state index contributed by atoms with van der Waals surface area (Å²) in [7, 11) is -3.69. The quantitative estimate of drug-likeness (QED) is 0.815. The van der Waals surface area contributed by atoms with E-state index in [2.05, 4.69) is 20.7 Å². The molecule has 0 spiro atoms. The topological polar surface area (TPSA) is 79.5 Å². The molecule has 0 aliphatic carbocycles. The van der Waals surface area contributed by atoms with Crippen LogP contribution < -0.4 is 4.72 Å². The lowest BCUT2D eigenvalue weighted by Crippen LogP contribution is -2.27. The Morgan fingerprint density at radius 2 is 2.00 bits per heavy atom. The number of sulfonamides is 1. The molecule has 2 aromatic rings. The first-order valence-electron chi connectivity index (χ1n) is 6.37. The van der Waals surface area contributed by atoms with Crippen molar-refractivity contribution < 1.29 is 17.9 Å². The summed E-state index contributed by atoms with van der Waals surface area (Å²) in [6.07, 6.45) is 0. The Balaban J connectivity index is 2.09. The van der Waals surface area contributed by atoms with Gasteiger partial charge in [-0.05, 0) is 27.4 Å². The fourth-order valence-corrected chi connectivity index (χ4v) is 4.00. The lowest BCUT2D eigenvalue weighted by Gasteiger charge is -2.12. The van der Waals surface area contributed by atoms with Crippen molar-refractivity contribution in [1.29, 1.82) is 0 Å². The molecular weight excluding hydrogens is 358 g/mol. The van der Waals surface area contributed by atoms with Gasteiger partial charge >= 0.3 is 0 Å². The Morgan fingerprint density at radius 3 is 2.57 bits per heavy atom. The van der Waals surface area contributed by atoms with Crippen molar-refractivity contribution in [2.75, 3.05) is 6.54 Å². The van der Waals surface area contributed by atoms with E-state index in [1.165, 1.54) is 6.07 Å². The molecule has 1 heterocycles. The van der Waals surface area contributed by atoms with Crippen molar-refractivity contribution in [3.8, 4) is 0 Å². The summed E-state index contributed by atoms with van der Waals surface area (Å²) in [5.74, 6) is 0.238. The minimum Gasteiger partial charge on any atom is -0.450 e. The lowest BCUT2D eigenvalue weighted by molar-refractivity contribution is 0.245. The molecule has 7 heteroatoms. The van der Waals surface area contributed by atoms with E-state index in [1.54, 1.807) is 0 Å². The van der Waals surface area contributed by atoms with Crippen LogP contribution in [0.25, 0.3) is 0 Å². The normalized spacial score (nSPS) is 13.3. The van der Waals surface area contributed by atoms with Gasteiger partial charge in [0.05, 0.1) is 0 Å². The van der Waals surface area contributed by atoms with Crippen LogP contribution >= 0.6 is 15.9 Å². The summed E-state index contributed by atoms with van der Waals surface area (Å²) in [6, 6.07) is 11.0. The fourth-order valence-electron chi connectivity index (χ4n) is 1.87. The molecule has 0 saturated heterocycles. The first kappa shape index (κ1) is 16.2. The van der Waals surface area contributed by atoms with Crippen molar-refractivity contribution in [1.82, 2.24) is 4.72 Å². The summed E-state index contributed by atoms with van der Waals surface area (Å²) in [6.45, 7) is 1.87. The number of benzene rings is 1. The number of hydrogen-bond donors (Lipinski definition) is 2. The zero-order valence-electron chi connectivity index (χ0n) is 11.4. The Bertz CT molecular complexity index is 697. The number of nitrogens with one attached hydrogen (secondary N) is 1. The second-order valence-corrected chi connectivity index (χ2v) is 7.13. The molecule has 114 valence electrons. The van der Waals surface area contributed by atoms with Crippen LogP contribution in [0.4, 0.5) is 0 Å². The Hall–Kier alpha value is -1.15. The van der Waals surface area contributed by atoms with Gasteiger partial charge in [-0.2, -0.15) is 0 Å². The average Bonchev–Trinajstić information content (AvgIpc) is 2.88. The zero-order valence-corrected chi connectivity index (χ0v) is 13.8. The van der Waals surface area contributed by atoms with Gasteiger partial charge in [0.25, 0.3) is 0 Å². The average molecular weight is 374 g/mol. The molecule has 1 atom stereocenters. The van der Waals surface area contributed by atoms with Crippen LogP contribution in [0.2, 0.25) is 0 Å². The third-order valence-electron chi connectivity index (χ3n) is 3.10. The molecule has 0 aliphatic heterocycles. The monoisotopic (exact) mass is 373 g/mol. The largest absolute Gasteiger partial charge is 0.450 e. The van der Waals surface area contributed by atoms with Gasteiger partial charge in [0.15, 0.2) is 4.67 Å². The predicted octanol–water partition coefficient (Wildman–Crippen LogP) is 2.62. The first-order chi connectivity index (χ1) is 9.94. The number of rotatable bonds is 6. The third-order valence-corrected chi connectivity index (χ3v) is 5.38. The van der Waals surface area contributed by atoms with Crippen molar-refractivity contribution >= 4 is 26.0 Å². The maximum atomic E-state index is 12.2.